The third-order valence-electron chi connectivity index (χ3n) is 4.47. The largest absolute Gasteiger partial charge is 0.508 e. The third kappa shape index (κ3) is 3.58. The average Bonchev–Trinajstić information content (AvgIpc) is 2.87. The molecule has 24 heavy (non-hydrogen) atoms. The lowest BCUT2D eigenvalue weighted by molar-refractivity contribution is 0.204. The Hall–Kier alpha value is -2.36. The molecule has 1 heterocycles. The van der Waals surface area contributed by atoms with Gasteiger partial charge in [-0.15, -0.1) is 0 Å². The summed E-state index contributed by atoms with van der Waals surface area (Å²) in [5, 5.41) is 18.7. The van der Waals surface area contributed by atoms with Gasteiger partial charge >= 0.3 is 0 Å². The predicted octanol–water partition coefficient (Wildman–Crippen LogP) is 4.53. The van der Waals surface area contributed by atoms with Gasteiger partial charge in [0.25, 0.3) is 0 Å². The van der Waals surface area contributed by atoms with E-state index in [1.54, 1.807) is 12.1 Å². The van der Waals surface area contributed by atoms with Gasteiger partial charge in [-0.05, 0) is 47.1 Å². The van der Waals surface area contributed by atoms with E-state index in [2.05, 4.69) is 37.9 Å². The molecule has 0 aliphatic heterocycles. The minimum absolute atomic E-state index is 0.00375. The molecule has 2 aromatic carbocycles. The monoisotopic (exact) mass is 323 g/mol. The maximum Gasteiger partial charge on any atom is 0.115 e. The number of rotatable bonds is 5. The summed E-state index contributed by atoms with van der Waals surface area (Å²) in [7, 11) is 0. The number of aromatic hydroxyl groups is 1. The maximum absolute atomic E-state index is 9.50. The lowest BCUT2D eigenvalue weighted by Crippen LogP contribution is -2.30. The number of benzene rings is 2. The highest BCUT2D eigenvalue weighted by molar-refractivity contribution is 5.72. The van der Waals surface area contributed by atoms with E-state index in [1.165, 1.54) is 5.56 Å². The molecular formula is C20H25N3O. The van der Waals surface area contributed by atoms with Crippen LogP contribution in [-0.4, -0.2) is 20.1 Å². The van der Waals surface area contributed by atoms with Crippen LogP contribution in [-0.2, 0) is 12.0 Å². The molecule has 3 rings (SSSR count). The Kier molecular flexibility index (Phi) is 4.08. The summed E-state index contributed by atoms with van der Waals surface area (Å²) in [6.07, 6.45) is 0.989. The van der Waals surface area contributed by atoms with Crippen molar-refractivity contribution in [3.63, 3.8) is 0 Å². The summed E-state index contributed by atoms with van der Waals surface area (Å²) < 4.78 is 0. The van der Waals surface area contributed by atoms with Gasteiger partial charge in [0.2, 0.25) is 0 Å². The van der Waals surface area contributed by atoms with Gasteiger partial charge in [-0.1, -0.05) is 52.0 Å². The molecule has 0 unspecified atom stereocenters. The van der Waals surface area contributed by atoms with Crippen molar-refractivity contribution in [2.45, 2.75) is 46.1 Å². The maximum atomic E-state index is 9.50. The third-order valence-corrected chi connectivity index (χ3v) is 4.47. The van der Waals surface area contributed by atoms with Crippen LogP contribution < -0.4 is 0 Å². The first-order valence-corrected chi connectivity index (χ1v) is 8.35. The van der Waals surface area contributed by atoms with Crippen LogP contribution in [0, 0.1) is 5.41 Å². The van der Waals surface area contributed by atoms with E-state index < -0.39 is 0 Å². The first kappa shape index (κ1) is 16.5. The van der Waals surface area contributed by atoms with Crippen molar-refractivity contribution in [3.8, 4) is 5.75 Å². The second-order valence-electron chi connectivity index (χ2n) is 7.99. The van der Waals surface area contributed by atoms with Crippen LogP contribution in [0.2, 0.25) is 0 Å². The summed E-state index contributed by atoms with van der Waals surface area (Å²) >= 11 is 0. The molecule has 0 spiro atoms. The van der Waals surface area contributed by atoms with Gasteiger partial charge in [-0.3, -0.25) is 0 Å². The Morgan fingerprint density at radius 3 is 1.96 bits per heavy atom. The van der Waals surface area contributed by atoms with Crippen molar-refractivity contribution in [2.24, 2.45) is 5.41 Å². The molecule has 0 atom stereocenters. The highest BCUT2D eigenvalue weighted by atomic mass is 16.3. The van der Waals surface area contributed by atoms with Crippen LogP contribution >= 0.6 is 0 Å². The number of hydrogen-bond donors (Lipinski definition) is 1. The van der Waals surface area contributed by atoms with Crippen LogP contribution in [0.5, 0.6) is 5.75 Å². The van der Waals surface area contributed by atoms with E-state index in [9.17, 15) is 5.11 Å². The first-order chi connectivity index (χ1) is 11.3. The van der Waals surface area contributed by atoms with Gasteiger partial charge in [-0.2, -0.15) is 15.0 Å². The molecule has 0 radical (unpaired) electrons. The Balaban J connectivity index is 1.78. The molecule has 0 amide bonds. The highest BCUT2D eigenvalue weighted by Crippen LogP contribution is 2.37. The normalized spacial score (nSPS) is 12.7. The summed E-state index contributed by atoms with van der Waals surface area (Å²) in [5.74, 6) is 0.307. The van der Waals surface area contributed by atoms with Gasteiger partial charge in [0.1, 0.15) is 16.8 Å². The molecule has 1 aromatic heterocycles. The van der Waals surface area contributed by atoms with Crippen molar-refractivity contribution in [3.05, 3.63) is 54.1 Å². The van der Waals surface area contributed by atoms with Crippen LogP contribution in [0.4, 0.5) is 0 Å². The van der Waals surface area contributed by atoms with E-state index in [-0.39, 0.29) is 10.8 Å². The molecule has 0 bridgehead atoms. The smallest absolute Gasteiger partial charge is 0.115 e. The molecule has 0 saturated heterocycles. The van der Waals surface area contributed by atoms with Crippen molar-refractivity contribution in [1.29, 1.82) is 0 Å². The average molecular weight is 323 g/mol. The molecule has 4 heteroatoms. The van der Waals surface area contributed by atoms with Crippen molar-refractivity contribution < 1.29 is 5.11 Å². The summed E-state index contributed by atoms with van der Waals surface area (Å²) in [4.78, 5) is 1.82. The second-order valence-corrected chi connectivity index (χ2v) is 7.99. The number of phenolic OH excluding ortho intramolecular Hbond substituents is 1. The number of aromatic nitrogens is 3. The molecule has 0 saturated carbocycles. The van der Waals surface area contributed by atoms with Crippen molar-refractivity contribution in [1.82, 2.24) is 15.0 Å². The molecule has 0 aliphatic rings. The molecule has 0 fully saturated rings. The minimum Gasteiger partial charge on any atom is -0.508 e. The fourth-order valence-electron chi connectivity index (χ4n) is 3.62. The number of fused-ring (bicyclic) bond motifs is 1. The summed E-state index contributed by atoms with van der Waals surface area (Å²) in [6.45, 7) is 9.76. The van der Waals surface area contributed by atoms with Gasteiger partial charge in [0, 0.05) is 0 Å². The zero-order chi connectivity index (χ0) is 17.4. The van der Waals surface area contributed by atoms with Crippen LogP contribution in [0.1, 0.15) is 39.7 Å². The predicted molar refractivity (Wildman–Crippen MR) is 97.1 cm³/mol. The number of phenols is 1. The highest BCUT2D eigenvalue weighted by Gasteiger charge is 2.31. The second kappa shape index (κ2) is 5.93. The first-order valence-electron chi connectivity index (χ1n) is 8.35. The minimum atomic E-state index is 0.00375. The number of hydrogen-bond acceptors (Lipinski definition) is 3. The van der Waals surface area contributed by atoms with Crippen molar-refractivity contribution in [2.75, 3.05) is 0 Å². The van der Waals surface area contributed by atoms with E-state index in [0.29, 0.717) is 5.75 Å². The van der Waals surface area contributed by atoms with Crippen LogP contribution in [0.25, 0.3) is 11.0 Å². The standard InChI is InChI=1S/C20H25N3O/c1-19(2,13-20(3,4)15-9-11-16(24)12-10-15)14-23-21-17-7-5-6-8-18(17)22-23/h5-12,24H,13-14H2,1-4H3. The van der Waals surface area contributed by atoms with E-state index >= 15 is 0 Å². The zero-order valence-corrected chi connectivity index (χ0v) is 14.8. The fraction of sp³-hybridized carbons (Fsp3) is 0.400. The molecular weight excluding hydrogens is 298 g/mol. The summed E-state index contributed by atoms with van der Waals surface area (Å²) in [5.41, 5.74) is 3.14. The van der Waals surface area contributed by atoms with Gasteiger partial charge in [0.15, 0.2) is 0 Å². The molecule has 0 aliphatic carbocycles. The van der Waals surface area contributed by atoms with Crippen LogP contribution in [0.15, 0.2) is 48.5 Å². The topological polar surface area (TPSA) is 50.9 Å². The Morgan fingerprint density at radius 1 is 0.875 bits per heavy atom. The lowest BCUT2D eigenvalue weighted by Gasteiger charge is -2.35. The summed E-state index contributed by atoms with van der Waals surface area (Å²) in [6, 6.07) is 15.5. The van der Waals surface area contributed by atoms with E-state index in [0.717, 1.165) is 24.0 Å². The zero-order valence-electron chi connectivity index (χ0n) is 14.8. The fourth-order valence-corrected chi connectivity index (χ4v) is 3.62. The number of nitrogens with zero attached hydrogens (tertiary/aromatic N) is 3. The van der Waals surface area contributed by atoms with Crippen LogP contribution in [0.3, 0.4) is 0 Å². The van der Waals surface area contributed by atoms with Crippen molar-refractivity contribution >= 4 is 11.0 Å². The van der Waals surface area contributed by atoms with E-state index in [4.69, 9.17) is 0 Å². The Bertz CT molecular complexity index is 798. The SMILES string of the molecule is CC(C)(Cn1nc2ccccc2n1)CC(C)(C)c1ccc(O)cc1. The molecule has 1 N–H and O–H groups in total. The van der Waals surface area contributed by atoms with Gasteiger partial charge in [-0.25, -0.2) is 0 Å². The Morgan fingerprint density at radius 2 is 1.42 bits per heavy atom. The van der Waals surface area contributed by atoms with E-state index in [1.807, 2.05) is 41.2 Å². The molecule has 126 valence electrons. The molecule has 4 nitrogen and oxygen atoms in total. The van der Waals surface area contributed by atoms with Gasteiger partial charge in [0.05, 0.1) is 6.54 Å². The Labute approximate surface area is 143 Å². The quantitative estimate of drug-likeness (QED) is 0.750. The lowest BCUT2D eigenvalue weighted by atomic mass is 9.71. The molecule has 3 aromatic rings. The van der Waals surface area contributed by atoms with Gasteiger partial charge < -0.3 is 5.11 Å².